The quantitative estimate of drug-likeness (QED) is 0.470. The summed E-state index contributed by atoms with van der Waals surface area (Å²) in [5, 5.41) is 4.25. The molecule has 0 saturated carbocycles. The molecule has 2 N–H and O–H groups in total. The van der Waals surface area contributed by atoms with Crippen molar-refractivity contribution >= 4 is 22.4 Å². The summed E-state index contributed by atoms with van der Waals surface area (Å²) in [7, 11) is 1.66. The van der Waals surface area contributed by atoms with Gasteiger partial charge >= 0.3 is 0 Å². The molecule has 0 saturated heterocycles. The molecule has 0 aliphatic carbocycles. The zero-order valence-corrected chi connectivity index (χ0v) is 16.8. The Morgan fingerprint density at radius 1 is 1.21 bits per heavy atom. The third kappa shape index (κ3) is 3.69. The molecule has 29 heavy (non-hydrogen) atoms. The Balaban J connectivity index is 1.90. The molecule has 7 nitrogen and oxygen atoms in total. The Labute approximate surface area is 168 Å². The molecular weight excluding hydrogens is 368 g/mol. The molecule has 3 heterocycles. The topological polar surface area (TPSA) is 80.7 Å². The van der Waals surface area contributed by atoms with E-state index in [1.807, 2.05) is 60.8 Å². The molecule has 3 aromatic heterocycles. The van der Waals surface area contributed by atoms with Gasteiger partial charge in [0.15, 0.2) is 0 Å². The number of anilines is 1. The van der Waals surface area contributed by atoms with E-state index in [0.29, 0.717) is 31.0 Å². The molecule has 0 bridgehead atoms. The second-order valence-electron chi connectivity index (χ2n) is 6.86. The molecule has 0 spiro atoms. The van der Waals surface area contributed by atoms with Crippen LogP contribution in [0.15, 0.2) is 47.4 Å². The summed E-state index contributed by atoms with van der Waals surface area (Å²) in [4.78, 5) is 20.6. The SMILES string of the molecule is CCOc1ccc2[nH]c(=O)c(-c3nc4cc(C)ccn4c3NCCOC)cc2c1. The van der Waals surface area contributed by atoms with Gasteiger partial charge in [0, 0.05) is 30.8 Å². The van der Waals surface area contributed by atoms with E-state index in [4.69, 9.17) is 14.5 Å². The van der Waals surface area contributed by atoms with Crippen molar-refractivity contribution in [2.24, 2.45) is 0 Å². The summed E-state index contributed by atoms with van der Waals surface area (Å²) < 4.78 is 12.7. The minimum atomic E-state index is -0.184. The number of methoxy groups -OCH3 is 1. The fraction of sp³-hybridized carbons (Fsp3) is 0.273. The van der Waals surface area contributed by atoms with Crippen LogP contribution in [0, 0.1) is 6.92 Å². The molecule has 4 aromatic rings. The number of fused-ring (bicyclic) bond motifs is 2. The third-order valence-electron chi connectivity index (χ3n) is 4.76. The second kappa shape index (κ2) is 7.97. The molecule has 0 amide bonds. The predicted octanol–water partition coefficient (Wildman–Crippen LogP) is 3.61. The molecule has 0 unspecified atom stereocenters. The fourth-order valence-electron chi connectivity index (χ4n) is 3.39. The van der Waals surface area contributed by atoms with Gasteiger partial charge in [-0.15, -0.1) is 0 Å². The van der Waals surface area contributed by atoms with E-state index in [9.17, 15) is 4.79 Å². The Kier molecular flexibility index (Phi) is 5.22. The summed E-state index contributed by atoms with van der Waals surface area (Å²) in [6.07, 6.45) is 1.96. The lowest BCUT2D eigenvalue weighted by Crippen LogP contribution is -2.13. The molecule has 0 fully saturated rings. The monoisotopic (exact) mass is 392 g/mol. The number of aromatic amines is 1. The largest absolute Gasteiger partial charge is 0.494 e. The first-order valence-corrected chi connectivity index (χ1v) is 9.62. The average Bonchev–Trinajstić information content (AvgIpc) is 3.05. The summed E-state index contributed by atoms with van der Waals surface area (Å²) in [6.45, 7) is 5.69. The Bertz CT molecular complexity index is 1230. The number of nitrogens with zero attached hydrogens (tertiary/aromatic N) is 2. The lowest BCUT2D eigenvalue weighted by atomic mass is 10.1. The maximum atomic E-state index is 12.9. The van der Waals surface area contributed by atoms with Crippen molar-refractivity contribution in [3.63, 3.8) is 0 Å². The van der Waals surface area contributed by atoms with Gasteiger partial charge in [-0.05, 0) is 55.8 Å². The van der Waals surface area contributed by atoms with Crippen LogP contribution >= 0.6 is 0 Å². The van der Waals surface area contributed by atoms with Gasteiger partial charge in [0.1, 0.15) is 22.9 Å². The number of rotatable bonds is 7. The number of aromatic nitrogens is 3. The molecule has 4 rings (SSSR count). The molecule has 7 heteroatoms. The van der Waals surface area contributed by atoms with E-state index >= 15 is 0 Å². The van der Waals surface area contributed by atoms with Crippen molar-refractivity contribution in [1.82, 2.24) is 14.4 Å². The number of imidazole rings is 1. The minimum absolute atomic E-state index is 0.184. The maximum Gasteiger partial charge on any atom is 0.258 e. The Hall–Kier alpha value is -3.32. The van der Waals surface area contributed by atoms with Crippen molar-refractivity contribution < 1.29 is 9.47 Å². The van der Waals surface area contributed by atoms with Crippen LogP contribution in [0.5, 0.6) is 5.75 Å². The number of benzene rings is 1. The van der Waals surface area contributed by atoms with Crippen molar-refractivity contribution in [3.8, 4) is 17.0 Å². The first kappa shape index (κ1) is 19.0. The number of nitrogens with one attached hydrogen (secondary N) is 2. The van der Waals surface area contributed by atoms with Crippen molar-refractivity contribution in [3.05, 3.63) is 58.5 Å². The zero-order chi connectivity index (χ0) is 20.4. The highest BCUT2D eigenvalue weighted by atomic mass is 16.5. The predicted molar refractivity (Wildman–Crippen MR) is 115 cm³/mol. The minimum Gasteiger partial charge on any atom is -0.494 e. The number of H-pyrrole nitrogens is 1. The van der Waals surface area contributed by atoms with E-state index in [2.05, 4.69) is 10.3 Å². The van der Waals surface area contributed by atoms with Crippen molar-refractivity contribution in [2.75, 3.05) is 32.2 Å². The Morgan fingerprint density at radius 2 is 2.07 bits per heavy atom. The van der Waals surface area contributed by atoms with Crippen molar-refractivity contribution in [2.45, 2.75) is 13.8 Å². The van der Waals surface area contributed by atoms with Gasteiger partial charge < -0.3 is 19.8 Å². The standard InChI is InChI=1S/C22H24N4O3/c1-4-29-16-5-6-18-15(12-16)13-17(22(27)24-18)20-21(23-8-10-28-3)26-9-7-14(2)11-19(26)25-20/h5-7,9,11-13,23H,4,8,10H2,1-3H3,(H,24,27). The maximum absolute atomic E-state index is 12.9. The number of hydrogen-bond acceptors (Lipinski definition) is 5. The first-order valence-electron chi connectivity index (χ1n) is 9.62. The van der Waals surface area contributed by atoms with E-state index in [-0.39, 0.29) is 5.56 Å². The van der Waals surface area contributed by atoms with Crippen LogP contribution < -0.4 is 15.6 Å². The molecule has 0 atom stereocenters. The summed E-state index contributed by atoms with van der Waals surface area (Å²) in [5.41, 5.74) is 3.57. The van der Waals surface area contributed by atoms with Crippen LogP contribution in [0.2, 0.25) is 0 Å². The van der Waals surface area contributed by atoms with Gasteiger partial charge in [0.25, 0.3) is 5.56 Å². The van der Waals surface area contributed by atoms with Crippen molar-refractivity contribution in [1.29, 1.82) is 0 Å². The van der Waals surface area contributed by atoms with Crippen LogP contribution in [0.4, 0.5) is 5.82 Å². The highest BCUT2D eigenvalue weighted by molar-refractivity contribution is 5.87. The summed E-state index contributed by atoms with van der Waals surface area (Å²) >= 11 is 0. The highest BCUT2D eigenvalue weighted by Gasteiger charge is 2.17. The van der Waals surface area contributed by atoms with E-state index in [1.165, 1.54) is 0 Å². The van der Waals surface area contributed by atoms with Gasteiger partial charge in [-0.1, -0.05) is 0 Å². The van der Waals surface area contributed by atoms with Crippen LogP contribution in [0.3, 0.4) is 0 Å². The third-order valence-corrected chi connectivity index (χ3v) is 4.76. The van der Waals surface area contributed by atoms with Gasteiger partial charge in [0.05, 0.1) is 18.8 Å². The lowest BCUT2D eigenvalue weighted by molar-refractivity contribution is 0.210. The molecule has 0 aliphatic rings. The van der Waals surface area contributed by atoms with Gasteiger partial charge in [-0.2, -0.15) is 0 Å². The van der Waals surface area contributed by atoms with Crippen LogP contribution in [-0.2, 0) is 4.74 Å². The summed E-state index contributed by atoms with van der Waals surface area (Å²) in [5.74, 6) is 1.53. The highest BCUT2D eigenvalue weighted by Crippen LogP contribution is 2.29. The van der Waals surface area contributed by atoms with Crippen LogP contribution in [0.1, 0.15) is 12.5 Å². The molecule has 0 aliphatic heterocycles. The lowest BCUT2D eigenvalue weighted by Gasteiger charge is -2.09. The molecule has 0 radical (unpaired) electrons. The number of aryl methyl sites for hydroxylation is 1. The average molecular weight is 392 g/mol. The molecule has 1 aromatic carbocycles. The van der Waals surface area contributed by atoms with E-state index in [1.54, 1.807) is 7.11 Å². The second-order valence-corrected chi connectivity index (χ2v) is 6.86. The van der Waals surface area contributed by atoms with Crippen LogP contribution in [-0.4, -0.2) is 41.2 Å². The number of hydrogen-bond donors (Lipinski definition) is 2. The molecular formula is C22H24N4O3. The summed E-state index contributed by atoms with van der Waals surface area (Å²) in [6, 6.07) is 11.5. The fourth-order valence-corrected chi connectivity index (χ4v) is 3.39. The number of pyridine rings is 2. The Morgan fingerprint density at radius 3 is 2.86 bits per heavy atom. The zero-order valence-electron chi connectivity index (χ0n) is 16.8. The van der Waals surface area contributed by atoms with Gasteiger partial charge in [0.2, 0.25) is 0 Å². The van der Waals surface area contributed by atoms with Gasteiger partial charge in [-0.25, -0.2) is 4.98 Å². The van der Waals surface area contributed by atoms with Crippen LogP contribution in [0.25, 0.3) is 27.8 Å². The molecule has 150 valence electrons. The van der Waals surface area contributed by atoms with E-state index < -0.39 is 0 Å². The normalized spacial score (nSPS) is 11.3. The van der Waals surface area contributed by atoms with Gasteiger partial charge in [-0.3, -0.25) is 9.20 Å². The first-order chi connectivity index (χ1) is 14.1. The van der Waals surface area contributed by atoms with E-state index in [0.717, 1.165) is 33.7 Å². The smallest absolute Gasteiger partial charge is 0.258 e. The number of ether oxygens (including phenoxy) is 2.